The van der Waals surface area contributed by atoms with Crippen molar-refractivity contribution in [1.29, 1.82) is 0 Å². The molecule has 2 rings (SSSR count). The van der Waals surface area contributed by atoms with Gasteiger partial charge in [0.05, 0.1) is 17.1 Å². The molecule has 106 valence electrons. The van der Waals surface area contributed by atoms with E-state index in [1.54, 1.807) is 12.1 Å². The zero-order chi connectivity index (χ0) is 14.9. The number of halogens is 2. The largest absolute Gasteiger partial charge is 0.294 e. The summed E-state index contributed by atoms with van der Waals surface area (Å²) in [6.45, 7) is 6.33. The number of hydrogen-bond donors (Lipinski definition) is 0. The molecule has 0 bridgehead atoms. The van der Waals surface area contributed by atoms with Crippen LogP contribution in [0.25, 0.3) is 0 Å². The van der Waals surface area contributed by atoms with Crippen LogP contribution in [0.4, 0.5) is 0 Å². The number of carbonyl (C=O) groups is 1. The van der Waals surface area contributed by atoms with Gasteiger partial charge in [-0.1, -0.05) is 48.3 Å². The number of aromatic nitrogens is 1. The van der Waals surface area contributed by atoms with Crippen molar-refractivity contribution < 1.29 is 4.79 Å². The van der Waals surface area contributed by atoms with Gasteiger partial charge in [0.15, 0.2) is 5.78 Å². The van der Waals surface area contributed by atoms with Crippen molar-refractivity contribution in [3.05, 3.63) is 49.3 Å². The fourth-order valence-electron chi connectivity index (χ4n) is 1.68. The summed E-state index contributed by atoms with van der Waals surface area (Å²) in [5.41, 5.74) is 1.56. The summed E-state index contributed by atoms with van der Waals surface area (Å²) in [6, 6.07) is 5.30. The third kappa shape index (κ3) is 3.68. The van der Waals surface area contributed by atoms with Crippen LogP contribution in [0, 0.1) is 0 Å². The van der Waals surface area contributed by atoms with Crippen molar-refractivity contribution in [1.82, 2.24) is 4.98 Å². The number of nitrogens with zero attached hydrogens (tertiary/aromatic N) is 1. The molecule has 0 saturated heterocycles. The molecule has 0 saturated carbocycles. The molecular formula is C15H15BrClNOS. The van der Waals surface area contributed by atoms with E-state index in [0.29, 0.717) is 10.6 Å². The van der Waals surface area contributed by atoms with Crippen molar-refractivity contribution in [2.75, 3.05) is 0 Å². The van der Waals surface area contributed by atoms with E-state index in [1.165, 1.54) is 11.3 Å². The van der Waals surface area contributed by atoms with Gasteiger partial charge in [-0.2, -0.15) is 0 Å². The number of Topliss-reactive ketones (excluding diaryl/α,β-unsaturated/α-hetero) is 1. The van der Waals surface area contributed by atoms with E-state index < -0.39 is 0 Å². The number of benzene rings is 1. The molecule has 0 aliphatic carbocycles. The highest BCUT2D eigenvalue weighted by Crippen LogP contribution is 2.26. The van der Waals surface area contributed by atoms with Crippen molar-refractivity contribution in [3.63, 3.8) is 0 Å². The van der Waals surface area contributed by atoms with Gasteiger partial charge in [-0.25, -0.2) is 4.98 Å². The van der Waals surface area contributed by atoms with Crippen molar-refractivity contribution >= 4 is 44.7 Å². The van der Waals surface area contributed by atoms with E-state index in [4.69, 9.17) is 11.6 Å². The van der Waals surface area contributed by atoms with Gasteiger partial charge in [0.2, 0.25) is 0 Å². The Morgan fingerprint density at radius 3 is 2.70 bits per heavy atom. The van der Waals surface area contributed by atoms with E-state index >= 15 is 0 Å². The molecule has 0 aliphatic rings. The number of thiazole rings is 1. The molecule has 1 aromatic heterocycles. The summed E-state index contributed by atoms with van der Waals surface area (Å²) in [4.78, 5) is 16.8. The molecule has 0 fully saturated rings. The molecule has 0 radical (unpaired) electrons. The minimum absolute atomic E-state index is 0.00518. The Morgan fingerprint density at radius 1 is 1.40 bits per heavy atom. The molecule has 1 heterocycles. The lowest BCUT2D eigenvalue weighted by Gasteiger charge is -2.14. The average Bonchev–Trinajstić information content (AvgIpc) is 2.80. The molecule has 0 spiro atoms. The first-order valence-corrected chi connectivity index (χ1v) is 8.25. The summed E-state index contributed by atoms with van der Waals surface area (Å²) in [5, 5.41) is 3.33. The van der Waals surface area contributed by atoms with Crippen LogP contribution in [-0.4, -0.2) is 10.8 Å². The lowest BCUT2D eigenvalue weighted by molar-refractivity contribution is 0.0993. The Labute approximate surface area is 136 Å². The molecule has 1 aromatic carbocycles. The van der Waals surface area contributed by atoms with Crippen molar-refractivity contribution in [2.45, 2.75) is 32.6 Å². The van der Waals surface area contributed by atoms with Gasteiger partial charge in [0.1, 0.15) is 5.01 Å². The number of ketones is 1. The second-order valence-corrected chi connectivity index (χ2v) is 7.87. The van der Waals surface area contributed by atoms with Crippen LogP contribution in [-0.2, 0) is 11.8 Å². The van der Waals surface area contributed by atoms with Crippen LogP contribution in [0.5, 0.6) is 0 Å². The lowest BCUT2D eigenvalue weighted by Crippen LogP contribution is -2.12. The van der Waals surface area contributed by atoms with E-state index in [-0.39, 0.29) is 17.6 Å². The topological polar surface area (TPSA) is 30.0 Å². The second kappa shape index (κ2) is 5.96. The molecule has 2 nitrogen and oxygen atoms in total. The summed E-state index contributed by atoms with van der Waals surface area (Å²) < 4.78 is 0.847. The molecule has 0 amide bonds. The third-order valence-corrected chi connectivity index (χ3v) is 4.53. The Kier molecular flexibility index (Phi) is 4.67. The smallest absolute Gasteiger partial charge is 0.171 e. The molecule has 0 unspecified atom stereocenters. The van der Waals surface area contributed by atoms with E-state index in [0.717, 1.165) is 15.2 Å². The number of carbonyl (C=O) groups excluding carboxylic acids is 1. The zero-order valence-corrected chi connectivity index (χ0v) is 14.7. The van der Waals surface area contributed by atoms with Crippen LogP contribution in [0.15, 0.2) is 28.1 Å². The molecule has 20 heavy (non-hydrogen) atoms. The molecule has 2 aromatic rings. The quantitative estimate of drug-likeness (QED) is 0.686. The van der Waals surface area contributed by atoms with Gasteiger partial charge < -0.3 is 0 Å². The number of rotatable bonds is 3. The highest BCUT2D eigenvalue weighted by atomic mass is 79.9. The summed E-state index contributed by atoms with van der Waals surface area (Å²) in [7, 11) is 0. The molecular weight excluding hydrogens is 358 g/mol. The Hall–Kier alpha value is -0.710. The maximum absolute atomic E-state index is 12.3. The van der Waals surface area contributed by atoms with Crippen LogP contribution in [0.1, 0.15) is 41.8 Å². The van der Waals surface area contributed by atoms with Crippen LogP contribution < -0.4 is 0 Å². The predicted octanol–water partition coefficient (Wildman–Crippen LogP) is 5.28. The van der Waals surface area contributed by atoms with Gasteiger partial charge in [0.25, 0.3) is 0 Å². The molecule has 0 N–H and O–H groups in total. The highest BCUT2D eigenvalue weighted by Gasteiger charge is 2.19. The minimum Gasteiger partial charge on any atom is -0.294 e. The standard InChI is InChI=1S/C15H15BrClNOS/c1-15(2,3)13-8-20-14(18-13)7-12(19)10-6-9(16)4-5-11(10)17/h4-6,8H,7H2,1-3H3. The van der Waals surface area contributed by atoms with Crippen molar-refractivity contribution in [3.8, 4) is 0 Å². The van der Waals surface area contributed by atoms with E-state index in [2.05, 4.69) is 41.7 Å². The summed E-state index contributed by atoms with van der Waals surface area (Å²) in [6.07, 6.45) is 0.289. The summed E-state index contributed by atoms with van der Waals surface area (Å²) >= 11 is 11.0. The first-order chi connectivity index (χ1) is 9.27. The van der Waals surface area contributed by atoms with Crippen molar-refractivity contribution in [2.24, 2.45) is 0 Å². The maximum Gasteiger partial charge on any atom is 0.171 e. The van der Waals surface area contributed by atoms with E-state index in [9.17, 15) is 4.79 Å². The monoisotopic (exact) mass is 371 g/mol. The second-order valence-electron chi connectivity index (χ2n) is 5.60. The van der Waals surface area contributed by atoms with Gasteiger partial charge in [-0.05, 0) is 18.2 Å². The number of hydrogen-bond acceptors (Lipinski definition) is 3. The van der Waals surface area contributed by atoms with Crippen LogP contribution >= 0.6 is 38.9 Å². The van der Waals surface area contributed by atoms with E-state index in [1.807, 2.05) is 11.4 Å². The Bertz CT molecular complexity index is 646. The third-order valence-electron chi connectivity index (χ3n) is 2.86. The van der Waals surface area contributed by atoms with Gasteiger partial charge in [-0.3, -0.25) is 4.79 Å². The zero-order valence-electron chi connectivity index (χ0n) is 11.5. The first-order valence-electron chi connectivity index (χ1n) is 6.20. The SMILES string of the molecule is CC(C)(C)c1csc(CC(=O)c2cc(Br)ccc2Cl)n1. The normalized spacial score (nSPS) is 11.7. The molecule has 0 atom stereocenters. The molecule has 5 heteroatoms. The van der Waals surface area contributed by atoms with Gasteiger partial charge in [-0.15, -0.1) is 11.3 Å². The van der Waals surface area contributed by atoms with Crippen LogP contribution in [0.3, 0.4) is 0 Å². The summed E-state index contributed by atoms with van der Waals surface area (Å²) in [5.74, 6) is -0.00823. The predicted molar refractivity (Wildman–Crippen MR) is 88.0 cm³/mol. The lowest BCUT2D eigenvalue weighted by atomic mass is 9.93. The fraction of sp³-hybridized carbons (Fsp3) is 0.333. The Balaban J connectivity index is 2.20. The minimum atomic E-state index is -0.00823. The highest BCUT2D eigenvalue weighted by molar-refractivity contribution is 9.10. The Morgan fingerprint density at radius 2 is 2.10 bits per heavy atom. The fourth-order valence-corrected chi connectivity index (χ4v) is 3.28. The van der Waals surface area contributed by atoms with Crippen LogP contribution in [0.2, 0.25) is 5.02 Å². The first kappa shape index (κ1) is 15.7. The van der Waals surface area contributed by atoms with Gasteiger partial charge >= 0.3 is 0 Å². The average molecular weight is 373 g/mol. The maximum atomic E-state index is 12.3. The van der Waals surface area contributed by atoms with Gasteiger partial charge in [0, 0.05) is 20.8 Å². The molecule has 0 aliphatic heterocycles.